The average Bonchev–Trinajstić information content (AvgIpc) is 2.64. The van der Waals surface area contributed by atoms with Crippen LogP contribution in [0.4, 0.5) is 4.79 Å². The second kappa shape index (κ2) is 6.07. The van der Waals surface area contributed by atoms with E-state index >= 15 is 0 Å². The van der Waals surface area contributed by atoms with E-state index in [0.717, 1.165) is 0 Å². The molecule has 0 aliphatic heterocycles. The van der Waals surface area contributed by atoms with Gasteiger partial charge in [-0.1, -0.05) is 13.8 Å². The molecule has 0 unspecified atom stereocenters. The van der Waals surface area contributed by atoms with Crippen molar-refractivity contribution in [3.8, 4) is 0 Å². The molecule has 0 saturated heterocycles. The summed E-state index contributed by atoms with van der Waals surface area (Å²) in [7, 11) is 0. The smallest absolute Gasteiger partial charge is 0.435 e. The molecule has 112 valence electrons. The molecule has 1 aromatic rings. The normalized spacial score (nSPS) is 11.4. The molecule has 0 radical (unpaired) electrons. The summed E-state index contributed by atoms with van der Waals surface area (Å²) >= 11 is 0. The summed E-state index contributed by atoms with van der Waals surface area (Å²) in [5.74, 6) is -0.932. The minimum absolute atomic E-state index is 0.130. The highest BCUT2D eigenvalue weighted by atomic mass is 16.6. The van der Waals surface area contributed by atoms with Gasteiger partial charge in [0, 0.05) is 5.56 Å². The van der Waals surface area contributed by atoms with Crippen LogP contribution in [0, 0.1) is 0 Å². The van der Waals surface area contributed by atoms with Crippen LogP contribution < -0.4 is 0 Å². The van der Waals surface area contributed by atoms with Crippen LogP contribution in [0.15, 0.2) is 0 Å². The minimum atomic E-state index is -0.932. The number of aliphatic carboxylic acids is 1. The molecule has 1 heterocycles. The summed E-state index contributed by atoms with van der Waals surface area (Å²) in [5, 5.41) is 13.2. The van der Waals surface area contributed by atoms with Crippen LogP contribution in [-0.2, 0) is 28.8 Å². The summed E-state index contributed by atoms with van der Waals surface area (Å²) < 4.78 is 6.49. The summed E-state index contributed by atoms with van der Waals surface area (Å²) in [5.41, 5.74) is 1.25. The van der Waals surface area contributed by atoms with Gasteiger partial charge in [-0.05, 0) is 33.6 Å². The maximum Gasteiger partial charge on any atom is 0.435 e. The first-order valence-electron chi connectivity index (χ1n) is 6.74. The average molecular weight is 282 g/mol. The van der Waals surface area contributed by atoms with E-state index in [2.05, 4.69) is 5.10 Å². The molecule has 0 aliphatic rings. The van der Waals surface area contributed by atoms with Crippen molar-refractivity contribution in [3.63, 3.8) is 0 Å². The van der Waals surface area contributed by atoms with Gasteiger partial charge in [0.25, 0.3) is 0 Å². The minimum Gasteiger partial charge on any atom is -0.481 e. The Hall–Kier alpha value is -1.85. The first kappa shape index (κ1) is 16.2. The molecule has 0 spiro atoms. The Morgan fingerprint density at radius 1 is 1.25 bits per heavy atom. The molecule has 0 amide bonds. The fourth-order valence-electron chi connectivity index (χ4n) is 1.99. The topological polar surface area (TPSA) is 81.4 Å². The number of hydrogen-bond donors (Lipinski definition) is 1. The van der Waals surface area contributed by atoms with Gasteiger partial charge in [-0.25, -0.2) is 4.79 Å². The van der Waals surface area contributed by atoms with Crippen molar-refractivity contribution in [2.24, 2.45) is 0 Å². The highest BCUT2D eigenvalue weighted by molar-refractivity contribution is 5.74. The Kier molecular flexibility index (Phi) is 4.92. The van der Waals surface area contributed by atoms with Gasteiger partial charge in [0.05, 0.1) is 17.8 Å². The summed E-state index contributed by atoms with van der Waals surface area (Å²) in [4.78, 5) is 23.1. The van der Waals surface area contributed by atoms with E-state index in [1.54, 1.807) is 20.8 Å². The van der Waals surface area contributed by atoms with Gasteiger partial charge >= 0.3 is 12.1 Å². The number of aryl methyl sites for hydroxylation is 1. The van der Waals surface area contributed by atoms with Crippen LogP contribution in [0.2, 0.25) is 0 Å². The predicted molar refractivity (Wildman–Crippen MR) is 74.0 cm³/mol. The van der Waals surface area contributed by atoms with Crippen molar-refractivity contribution in [2.45, 2.75) is 59.5 Å². The monoisotopic (exact) mass is 282 g/mol. The number of carboxylic acid groups (broad SMARTS) is 1. The molecular weight excluding hydrogens is 260 g/mol. The maximum absolute atomic E-state index is 12.1. The van der Waals surface area contributed by atoms with Gasteiger partial charge < -0.3 is 9.84 Å². The van der Waals surface area contributed by atoms with Gasteiger partial charge in [0.1, 0.15) is 5.60 Å². The van der Waals surface area contributed by atoms with E-state index in [4.69, 9.17) is 9.84 Å². The molecule has 6 nitrogen and oxygen atoms in total. The van der Waals surface area contributed by atoms with E-state index in [1.165, 1.54) is 4.68 Å². The molecule has 20 heavy (non-hydrogen) atoms. The zero-order valence-electron chi connectivity index (χ0n) is 12.7. The third kappa shape index (κ3) is 3.82. The Bertz CT molecular complexity index is 512. The highest BCUT2D eigenvalue weighted by Gasteiger charge is 2.25. The number of hydrogen-bond acceptors (Lipinski definition) is 4. The zero-order valence-corrected chi connectivity index (χ0v) is 12.7. The molecule has 1 aromatic heterocycles. The van der Waals surface area contributed by atoms with Crippen LogP contribution >= 0.6 is 0 Å². The van der Waals surface area contributed by atoms with Crippen molar-refractivity contribution in [1.29, 1.82) is 0 Å². The second-order valence-corrected chi connectivity index (χ2v) is 5.54. The van der Waals surface area contributed by atoms with Gasteiger partial charge in [0.15, 0.2) is 0 Å². The van der Waals surface area contributed by atoms with Gasteiger partial charge in [-0.3, -0.25) is 4.79 Å². The number of aromatic nitrogens is 2. The van der Waals surface area contributed by atoms with Crippen molar-refractivity contribution >= 4 is 12.1 Å². The van der Waals surface area contributed by atoms with E-state index in [0.29, 0.717) is 29.8 Å². The first-order chi connectivity index (χ1) is 9.19. The molecule has 1 rings (SSSR count). The van der Waals surface area contributed by atoms with Gasteiger partial charge in [0.2, 0.25) is 0 Å². The number of carbonyl (C=O) groups excluding carboxylic acids is 1. The zero-order chi connectivity index (χ0) is 15.5. The quantitative estimate of drug-likeness (QED) is 0.917. The van der Waals surface area contributed by atoms with Crippen LogP contribution in [0.5, 0.6) is 0 Å². The fourth-order valence-corrected chi connectivity index (χ4v) is 1.99. The fraction of sp³-hybridized carbons (Fsp3) is 0.643. The van der Waals surface area contributed by atoms with Gasteiger partial charge in [-0.2, -0.15) is 9.78 Å². The standard InChI is InChI=1S/C14H22N2O4/c1-6-10-9(8-12(17)18)11(7-2)16(15-10)13(19)20-14(3,4)5/h6-8H2,1-5H3,(H,17,18). The molecule has 0 aromatic carbocycles. The molecule has 0 fully saturated rings. The Balaban J connectivity index is 3.23. The summed E-state index contributed by atoms with van der Waals surface area (Å²) in [6, 6.07) is 0. The van der Waals surface area contributed by atoms with Crippen molar-refractivity contribution in [3.05, 3.63) is 17.0 Å². The Morgan fingerprint density at radius 3 is 2.25 bits per heavy atom. The number of ether oxygens (including phenoxy) is 1. The van der Waals surface area contributed by atoms with Crippen LogP contribution in [0.3, 0.4) is 0 Å². The number of nitrogens with zero attached hydrogens (tertiary/aromatic N) is 2. The predicted octanol–water partition coefficient (Wildman–Crippen LogP) is 2.42. The van der Waals surface area contributed by atoms with Crippen molar-refractivity contribution in [1.82, 2.24) is 9.78 Å². The molecular formula is C14H22N2O4. The second-order valence-electron chi connectivity index (χ2n) is 5.54. The summed E-state index contributed by atoms with van der Waals surface area (Å²) in [6.45, 7) is 9.08. The molecule has 6 heteroatoms. The first-order valence-corrected chi connectivity index (χ1v) is 6.74. The third-order valence-corrected chi connectivity index (χ3v) is 2.74. The highest BCUT2D eigenvalue weighted by Crippen LogP contribution is 2.19. The molecule has 0 bridgehead atoms. The lowest BCUT2D eigenvalue weighted by molar-refractivity contribution is -0.136. The lowest BCUT2D eigenvalue weighted by Crippen LogP contribution is -2.28. The Labute approximate surface area is 118 Å². The summed E-state index contributed by atoms with van der Waals surface area (Å²) in [6.07, 6.45) is 0.399. The largest absolute Gasteiger partial charge is 0.481 e. The van der Waals surface area contributed by atoms with Crippen LogP contribution in [0.25, 0.3) is 0 Å². The lowest BCUT2D eigenvalue weighted by atomic mass is 10.1. The van der Waals surface area contributed by atoms with Gasteiger partial charge in [-0.15, -0.1) is 0 Å². The molecule has 1 N–H and O–H groups in total. The third-order valence-electron chi connectivity index (χ3n) is 2.74. The van der Waals surface area contributed by atoms with E-state index in [-0.39, 0.29) is 6.42 Å². The number of carboxylic acids is 1. The van der Waals surface area contributed by atoms with Crippen molar-refractivity contribution in [2.75, 3.05) is 0 Å². The number of carbonyl (C=O) groups is 2. The van der Waals surface area contributed by atoms with E-state index in [1.807, 2.05) is 13.8 Å². The SMILES string of the molecule is CCc1nn(C(=O)OC(C)(C)C)c(CC)c1CC(=O)O. The Morgan fingerprint density at radius 2 is 1.85 bits per heavy atom. The van der Waals surface area contributed by atoms with E-state index < -0.39 is 17.7 Å². The van der Waals surface area contributed by atoms with Crippen LogP contribution in [0.1, 0.15) is 51.6 Å². The molecule has 0 aliphatic carbocycles. The maximum atomic E-state index is 12.1. The molecule has 0 atom stereocenters. The van der Waals surface area contributed by atoms with Crippen molar-refractivity contribution < 1.29 is 19.4 Å². The molecule has 0 saturated carbocycles. The van der Waals surface area contributed by atoms with Crippen LogP contribution in [-0.4, -0.2) is 32.6 Å². The van der Waals surface area contributed by atoms with E-state index in [9.17, 15) is 9.59 Å². The number of rotatable bonds is 4. The lowest BCUT2D eigenvalue weighted by Gasteiger charge is -2.19.